The van der Waals surface area contributed by atoms with E-state index in [0.29, 0.717) is 5.56 Å². The van der Waals surface area contributed by atoms with Crippen LogP contribution in [-0.4, -0.2) is 20.9 Å². The number of hydrogen-bond acceptors (Lipinski definition) is 2. The summed E-state index contributed by atoms with van der Waals surface area (Å²) in [5.41, 5.74) is 0.0426. The molecule has 1 aromatic rings. The maximum Gasteiger partial charge on any atom is 0.348 e. The first kappa shape index (κ1) is 13.8. The molecule has 90 valence electrons. The Morgan fingerprint density at radius 1 is 1.12 bits per heavy atom. The summed E-state index contributed by atoms with van der Waals surface area (Å²) in [4.78, 5) is 22.4. The van der Waals surface area contributed by atoms with E-state index < -0.39 is 16.9 Å². The predicted molar refractivity (Wildman–Crippen MR) is 65.4 cm³/mol. The summed E-state index contributed by atoms with van der Waals surface area (Å²) in [6.07, 6.45) is 0. The van der Waals surface area contributed by atoms with E-state index in [-0.39, 0.29) is 9.51 Å². The minimum absolute atomic E-state index is 0.230. The molecule has 0 spiro atoms. The molecule has 1 amide bonds. The molecule has 1 rings (SSSR count). The topological polar surface area (TPSA) is 57.6 Å². The minimum atomic E-state index is -1.44. The molecule has 4 nitrogen and oxygen atoms in total. The van der Waals surface area contributed by atoms with Gasteiger partial charge in [-0.1, -0.05) is 41.9 Å². The van der Waals surface area contributed by atoms with E-state index in [1.165, 1.54) is 12.1 Å². The first-order chi connectivity index (χ1) is 7.95. The molecule has 0 unspecified atom stereocenters. The molecule has 0 heterocycles. The minimum Gasteiger partial charge on any atom is -0.477 e. The Bertz CT molecular complexity index is 471. The Hall–Kier alpha value is -1.23. The lowest BCUT2D eigenvalue weighted by Crippen LogP contribution is -2.16. The second-order valence-electron chi connectivity index (χ2n) is 2.90. The van der Waals surface area contributed by atoms with Crippen molar-refractivity contribution in [1.82, 2.24) is 3.94 Å². The molecule has 1 N–H and O–H groups in total. The third kappa shape index (κ3) is 3.36. The number of carboxylic acid groups (broad SMARTS) is 1. The molecule has 0 atom stereocenters. The molecule has 1 aromatic carbocycles. The van der Waals surface area contributed by atoms with Crippen molar-refractivity contribution in [3.63, 3.8) is 0 Å². The summed E-state index contributed by atoms with van der Waals surface area (Å²) in [7, 11) is 0. The Balaban J connectivity index is 3.37. The van der Waals surface area contributed by atoms with Gasteiger partial charge in [-0.25, -0.2) is 4.79 Å². The lowest BCUT2D eigenvalue weighted by atomic mass is 10.1. The van der Waals surface area contributed by atoms with Crippen LogP contribution in [0.3, 0.4) is 0 Å². The molecular formula is C10H6Cl3NO3. The van der Waals surface area contributed by atoms with E-state index in [0.717, 1.165) is 0 Å². The summed E-state index contributed by atoms with van der Waals surface area (Å²) in [6.45, 7) is 0. The first-order valence-electron chi connectivity index (χ1n) is 4.29. The summed E-state index contributed by atoms with van der Waals surface area (Å²) in [5.74, 6) is -2.35. The van der Waals surface area contributed by atoms with E-state index in [1.54, 1.807) is 18.2 Å². The van der Waals surface area contributed by atoms with Gasteiger partial charge in [0.2, 0.25) is 0 Å². The van der Waals surface area contributed by atoms with Gasteiger partial charge < -0.3 is 5.11 Å². The van der Waals surface area contributed by atoms with Crippen LogP contribution in [0.1, 0.15) is 5.56 Å². The monoisotopic (exact) mass is 293 g/mol. The summed E-state index contributed by atoms with van der Waals surface area (Å²) >= 11 is 16.1. The van der Waals surface area contributed by atoms with Gasteiger partial charge in [-0.2, -0.15) is 3.94 Å². The number of carboxylic acids is 1. The quantitative estimate of drug-likeness (QED) is 0.689. The number of rotatable bonds is 3. The van der Waals surface area contributed by atoms with Crippen LogP contribution in [-0.2, 0) is 9.59 Å². The van der Waals surface area contributed by atoms with E-state index in [2.05, 4.69) is 0 Å². The van der Waals surface area contributed by atoms with Gasteiger partial charge in [0.05, 0.1) is 5.57 Å². The normalized spacial score (nSPS) is 11.7. The summed E-state index contributed by atoms with van der Waals surface area (Å²) < 4.78 is 0.230. The van der Waals surface area contributed by atoms with Crippen molar-refractivity contribution in [1.29, 1.82) is 0 Å². The highest BCUT2D eigenvalue weighted by Gasteiger charge is 2.24. The number of carbonyl (C=O) groups excluding carboxylic acids is 1. The van der Waals surface area contributed by atoms with E-state index >= 15 is 0 Å². The average molecular weight is 295 g/mol. The second kappa shape index (κ2) is 5.91. The second-order valence-corrected chi connectivity index (χ2v) is 4.13. The molecule has 0 aliphatic rings. The molecule has 17 heavy (non-hydrogen) atoms. The molecule has 7 heteroatoms. The Kier molecular flexibility index (Phi) is 4.81. The maximum atomic E-state index is 11.6. The fraction of sp³-hybridized carbons (Fsp3) is 0. The third-order valence-electron chi connectivity index (χ3n) is 1.84. The van der Waals surface area contributed by atoms with E-state index in [4.69, 9.17) is 40.3 Å². The lowest BCUT2D eigenvalue weighted by molar-refractivity contribution is -0.132. The fourth-order valence-corrected chi connectivity index (χ4v) is 1.50. The van der Waals surface area contributed by atoms with Gasteiger partial charge >= 0.3 is 5.97 Å². The third-order valence-corrected chi connectivity index (χ3v) is 2.49. The zero-order chi connectivity index (χ0) is 13.0. The van der Waals surface area contributed by atoms with Crippen molar-refractivity contribution in [3.05, 3.63) is 40.9 Å². The zero-order valence-corrected chi connectivity index (χ0v) is 10.5. The van der Waals surface area contributed by atoms with Crippen LogP contribution in [0.5, 0.6) is 0 Å². The van der Waals surface area contributed by atoms with Gasteiger partial charge in [0, 0.05) is 23.6 Å². The standard InChI is InChI=1S/C10H6Cl3NO3/c11-8(10(16)17)7(9(15)14(12)13)6-4-2-1-3-5-6/h1-5H,(H,16,17). The van der Waals surface area contributed by atoms with Crippen LogP contribution in [0.4, 0.5) is 0 Å². The number of halogens is 3. The van der Waals surface area contributed by atoms with Crippen molar-refractivity contribution in [3.8, 4) is 0 Å². The van der Waals surface area contributed by atoms with Crippen molar-refractivity contribution in [2.24, 2.45) is 0 Å². The number of aliphatic carboxylic acids is 1. The molecule has 0 bridgehead atoms. The van der Waals surface area contributed by atoms with Crippen LogP contribution in [0, 0.1) is 0 Å². The van der Waals surface area contributed by atoms with Crippen molar-refractivity contribution in [2.45, 2.75) is 0 Å². The number of amides is 1. The van der Waals surface area contributed by atoms with Crippen molar-refractivity contribution in [2.75, 3.05) is 0 Å². The Morgan fingerprint density at radius 2 is 1.65 bits per heavy atom. The SMILES string of the molecule is O=C(O)C(Cl)=C(C(=O)N(Cl)Cl)c1ccccc1. The van der Waals surface area contributed by atoms with Gasteiger partial charge in [-0.15, -0.1) is 0 Å². The smallest absolute Gasteiger partial charge is 0.348 e. The van der Waals surface area contributed by atoms with Crippen LogP contribution in [0.25, 0.3) is 5.57 Å². The Labute approximate surface area is 112 Å². The van der Waals surface area contributed by atoms with Gasteiger partial charge in [0.1, 0.15) is 5.03 Å². The fourth-order valence-electron chi connectivity index (χ4n) is 1.14. The van der Waals surface area contributed by atoms with Crippen LogP contribution in [0.15, 0.2) is 35.4 Å². The average Bonchev–Trinajstić information content (AvgIpc) is 2.30. The summed E-state index contributed by atoms with van der Waals surface area (Å²) in [5, 5.41) is 8.15. The molecule has 0 radical (unpaired) electrons. The molecule has 0 aliphatic carbocycles. The molecule has 0 saturated carbocycles. The van der Waals surface area contributed by atoms with Gasteiger partial charge in [-0.05, 0) is 5.56 Å². The van der Waals surface area contributed by atoms with Crippen LogP contribution < -0.4 is 0 Å². The largest absolute Gasteiger partial charge is 0.477 e. The molecular weight excluding hydrogens is 288 g/mol. The molecule has 0 fully saturated rings. The van der Waals surface area contributed by atoms with E-state index in [9.17, 15) is 9.59 Å². The van der Waals surface area contributed by atoms with Gasteiger partial charge in [-0.3, -0.25) is 4.79 Å². The van der Waals surface area contributed by atoms with E-state index in [1.807, 2.05) is 0 Å². The molecule has 0 aromatic heterocycles. The van der Waals surface area contributed by atoms with Crippen molar-refractivity contribution >= 4 is 52.6 Å². The maximum absolute atomic E-state index is 11.6. The highest BCUT2D eigenvalue weighted by atomic mass is 35.5. The number of carbonyl (C=O) groups is 2. The lowest BCUT2D eigenvalue weighted by Gasteiger charge is -2.09. The molecule has 0 aliphatic heterocycles. The van der Waals surface area contributed by atoms with Gasteiger partial charge in [0.25, 0.3) is 5.91 Å². The molecule has 0 saturated heterocycles. The Morgan fingerprint density at radius 3 is 2.06 bits per heavy atom. The van der Waals surface area contributed by atoms with Gasteiger partial charge in [0.15, 0.2) is 0 Å². The first-order valence-corrected chi connectivity index (χ1v) is 5.35. The highest BCUT2D eigenvalue weighted by Crippen LogP contribution is 2.25. The predicted octanol–water partition coefficient (Wildman–Crippen LogP) is 2.86. The highest BCUT2D eigenvalue weighted by molar-refractivity contribution is 6.53. The number of hydrogen-bond donors (Lipinski definition) is 1. The van der Waals surface area contributed by atoms with Crippen molar-refractivity contribution < 1.29 is 14.7 Å². The number of benzene rings is 1. The zero-order valence-electron chi connectivity index (χ0n) is 8.23. The summed E-state index contributed by atoms with van der Waals surface area (Å²) in [6, 6.07) is 8.01. The van der Waals surface area contributed by atoms with Crippen LogP contribution >= 0.6 is 35.2 Å². The number of nitrogens with zero attached hydrogens (tertiary/aromatic N) is 1. The van der Waals surface area contributed by atoms with Crippen LogP contribution in [0.2, 0.25) is 0 Å².